The Hall–Kier alpha value is -1.39. The van der Waals surface area contributed by atoms with E-state index in [1.165, 1.54) is 0 Å². The molecule has 3 amide bonds. The van der Waals surface area contributed by atoms with Gasteiger partial charge in [0.1, 0.15) is 0 Å². The van der Waals surface area contributed by atoms with Gasteiger partial charge < -0.3 is 20.4 Å². The summed E-state index contributed by atoms with van der Waals surface area (Å²) in [5.41, 5.74) is 0. The third-order valence-corrected chi connectivity index (χ3v) is 6.90. The summed E-state index contributed by atoms with van der Waals surface area (Å²) in [6, 6.07) is 0. The lowest BCUT2D eigenvalue weighted by molar-refractivity contribution is -0.870. The number of nitrogens with zero attached hydrogens (tertiary/aromatic N) is 1. The second-order valence-electron chi connectivity index (χ2n) is 8.81. The molecule has 2 atom stereocenters. The van der Waals surface area contributed by atoms with E-state index in [0.717, 1.165) is 17.4 Å². The van der Waals surface area contributed by atoms with E-state index in [2.05, 4.69) is 37.1 Å². The number of sulfone groups is 1. The van der Waals surface area contributed by atoms with Crippen LogP contribution in [0, 0.1) is 11.8 Å². The molecule has 0 aromatic carbocycles. The predicted molar refractivity (Wildman–Crippen MR) is 123 cm³/mol. The van der Waals surface area contributed by atoms with Gasteiger partial charge in [0.2, 0.25) is 17.7 Å². The van der Waals surface area contributed by atoms with Crippen LogP contribution in [0.2, 0.25) is 0 Å². The van der Waals surface area contributed by atoms with Crippen LogP contribution in [0.15, 0.2) is 0 Å². The van der Waals surface area contributed by atoms with E-state index in [1.54, 1.807) is 6.92 Å². The van der Waals surface area contributed by atoms with Gasteiger partial charge in [-0.3, -0.25) is 14.4 Å². The number of hydrogen-bond acceptors (Lipinski definition) is 5. The molecular weight excluding hydrogens is 444 g/mol. The highest BCUT2D eigenvalue weighted by Crippen LogP contribution is 2.16. The van der Waals surface area contributed by atoms with Gasteiger partial charge in [-0.15, -0.1) is 11.6 Å². The summed E-state index contributed by atoms with van der Waals surface area (Å²) >= 11 is 5.41. The Morgan fingerprint density at radius 3 is 2.19 bits per heavy atom. The number of carbonyl (C=O) groups excluding carboxylic acids is 3. The minimum absolute atomic E-state index is 0.00885. The van der Waals surface area contributed by atoms with Crippen LogP contribution in [0.3, 0.4) is 0 Å². The molecule has 31 heavy (non-hydrogen) atoms. The van der Waals surface area contributed by atoms with E-state index in [9.17, 15) is 22.8 Å². The van der Waals surface area contributed by atoms with Gasteiger partial charge in [0.05, 0.1) is 45.9 Å². The third-order valence-electron chi connectivity index (χ3n) is 4.83. The van der Waals surface area contributed by atoms with Crippen LogP contribution in [0.5, 0.6) is 0 Å². The number of carbonyl (C=O) groups is 3. The predicted octanol–water partition coefficient (Wildman–Crippen LogP) is 0.485. The van der Waals surface area contributed by atoms with Gasteiger partial charge in [-0.1, -0.05) is 13.8 Å². The molecule has 3 N–H and O–H groups in total. The van der Waals surface area contributed by atoms with Crippen molar-refractivity contribution in [2.45, 2.75) is 39.5 Å². The van der Waals surface area contributed by atoms with E-state index in [0.29, 0.717) is 19.4 Å². The van der Waals surface area contributed by atoms with Crippen molar-refractivity contribution in [3.8, 4) is 0 Å². The maximum Gasteiger partial charge on any atom is 0.224 e. The van der Waals surface area contributed by atoms with Crippen LogP contribution in [0.25, 0.3) is 0 Å². The zero-order chi connectivity index (χ0) is 24.1. The molecule has 2 unspecified atom stereocenters. The molecule has 0 aromatic heterocycles. The van der Waals surface area contributed by atoms with Crippen LogP contribution >= 0.6 is 11.6 Å². The lowest BCUT2D eigenvalue weighted by Gasteiger charge is -2.24. The van der Waals surface area contributed by atoms with Crippen molar-refractivity contribution in [2.24, 2.45) is 11.8 Å². The average Bonchev–Trinajstić information content (AvgIpc) is 2.66. The van der Waals surface area contributed by atoms with Crippen molar-refractivity contribution in [3.05, 3.63) is 0 Å². The second-order valence-corrected chi connectivity index (χ2v) is 11.5. The first kappa shape index (κ1) is 29.6. The molecule has 0 aliphatic rings. The Morgan fingerprint density at radius 1 is 1.00 bits per heavy atom. The minimum atomic E-state index is -3.34. The lowest BCUT2D eigenvalue weighted by atomic mass is 9.92. The van der Waals surface area contributed by atoms with Gasteiger partial charge in [-0.25, -0.2) is 8.42 Å². The standard InChI is InChI=1S/C20H39ClN4O5S/c1-6-17(14-16(2)19(27)22-10-7-11-25(3,4)5)20(28)24-15-23-18(26)8-12-31(29,30)13-9-21/h16-17H,6-15H2,1-5H3,(H2-,22,23,24,26,27,28)/p+1. The fraction of sp³-hybridized carbons (Fsp3) is 0.850. The quantitative estimate of drug-likeness (QED) is 0.128. The first-order chi connectivity index (χ1) is 14.3. The average molecular weight is 484 g/mol. The molecule has 0 fully saturated rings. The molecule has 0 spiro atoms. The first-order valence-electron chi connectivity index (χ1n) is 10.7. The zero-order valence-electron chi connectivity index (χ0n) is 19.5. The molecule has 0 aliphatic carbocycles. The molecule has 0 rings (SSSR count). The highest BCUT2D eigenvalue weighted by atomic mass is 35.5. The molecule has 0 saturated carbocycles. The van der Waals surface area contributed by atoms with E-state index in [4.69, 9.17) is 11.6 Å². The minimum Gasteiger partial charge on any atom is -0.356 e. The highest BCUT2D eigenvalue weighted by Gasteiger charge is 2.23. The fourth-order valence-corrected chi connectivity index (χ4v) is 4.50. The topological polar surface area (TPSA) is 121 Å². The van der Waals surface area contributed by atoms with Crippen molar-refractivity contribution in [1.29, 1.82) is 0 Å². The van der Waals surface area contributed by atoms with Gasteiger partial charge >= 0.3 is 0 Å². The van der Waals surface area contributed by atoms with Gasteiger partial charge in [-0.05, 0) is 12.8 Å². The number of quaternary nitrogens is 1. The summed E-state index contributed by atoms with van der Waals surface area (Å²) in [5, 5.41) is 8.03. The van der Waals surface area contributed by atoms with E-state index < -0.39 is 15.7 Å². The summed E-state index contributed by atoms with van der Waals surface area (Å²) in [5.74, 6) is -1.90. The van der Waals surface area contributed by atoms with Crippen molar-refractivity contribution >= 4 is 39.2 Å². The molecule has 11 heteroatoms. The van der Waals surface area contributed by atoms with Crippen LogP contribution < -0.4 is 16.0 Å². The third kappa shape index (κ3) is 15.1. The molecular formula is C20H40ClN4O5S+. The Bertz CT molecular complexity index is 680. The maximum atomic E-state index is 12.4. The van der Waals surface area contributed by atoms with Crippen molar-refractivity contribution in [2.75, 3.05) is 58.3 Å². The highest BCUT2D eigenvalue weighted by molar-refractivity contribution is 7.91. The van der Waals surface area contributed by atoms with Crippen LogP contribution in [-0.2, 0) is 24.2 Å². The van der Waals surface area contributed by atoms with E-state index >= 15 is 0 Å². The maximum absolute atomic E-state index is 12.4. The number of rotatable bonds is 16. The molecule has 0 radical (unpaired) electrons. The Balaban J connectivity index is 4.28. The summed E-state index contributed by atoms with van der Waals surface area (Å²) in [6.45, 7) is 5.15. The monoisotopic (exact) mass is 483 g/mol. The van der Waals surface area contributed by atoms with Crippen molar-refractivity contribution in [1.82, 2.24) is 16.0 Å². The van der Waals surface area contributed by atoms with Gasteiger partial charge in [0.15, 0.2) is 9.84 Å². The summed E-state index contributed by atoms with van der Waals surface area (Å²) in [7, 11) is 2.95. The SMILES string of the molecule is CCC(CC(C)C(=O)NCCC[N+](C)(C)C)C(=O)NCNC(=O)CCS(=O)(=O)CCCl. The largest absolute Gasteiger partial charge is 0.356 e. The second kappa shape index (κ2) is 14.6. The van der Waals surface area contributed by atoms with Gasteiger partial charge in [0.25, 0.3) is 0 Å². The Kier molecular flexibility index (Phi) is 14.0. The zero-order valence-corrected chi connectivity index (χ0v) is 21.1. The number of nitrogens with one attached hydrogen (secondary N) is 3. The van der Waals surface area contributed by atoms with Crippen molar-refractivity contribution in [3.63, 3.8) is 0 Å². The molecule has 0 aromatic rings. The Labute approximate surface area is 192 Å². The van der Waals surface area contributed by atoms with Crippen molar-refractivity contribution < 1.29 is 27.3 Å². The number of hydrogen-bond donors (Lipinski definition) is 3. The van der Waals surface area contributed by atoms with Gasteiger partial charge in [0, 0.05) is 37.1 Å². The smallest absolute Gasteiger partial charge is 0.224 e. The first-order valence-corrected chi connectivity index (χ1v) is 13.1. The normalized spacial score (nSPS) is 13.9. The van der Waals surface area contributed by atoms with E-state index in [-0.39, 0.29) is 54.1 Å². The number of amides is 3. The van der Waals surface area contributed by atoms with Gasteiger partial charge in [-0.2, -0.15) is 0 Å². The molecule has 0 saturated heterocycles. The summed E-state index contributed by atoms with van der Waals surface area (Å²) in [4.78, 5) is 36.4. The number of halogens is 1. The molecule has 0 bridgehead atoms. The molecule has 9 nitrogen and oxygen atoms in total. The Morgan fingerprint density at radius 2 is 1.65 bits per heavy atom. The summed E-state index contributed by atoms with van der Waals surface area (Å²) < 4.78 is 24.0. The molecule has 0 aliphatic heterocycles. The fourth-order valence-electron chi connectivity index (χ4n) is 2.86. The van der Waals surface area contributed by atoms with Crippen LogP contribution in [0.4, 0.5) is 0 Å². The van der Waals surface area contributed by atoms with E-state index in [1.807, 2.05) is 6.92 Å². The summed E-state index contributed by atoms with van der Waals surface area (Å²) in [6.07, 6.45) is 1.67. The van der Waals surface area contributed by atoms with Crippen LogP contribution in [0.1, 0.15) is 39.5 Å². The molecule has 0 heterocycles. The lowest BCUT2D eigenvalue weighted by Crippen LogP contribution is -2.42. The number of alkyl halides is 1. The molecule has 182 valence electrons. The van der Waals surface area contributed by atoms with Crippen LogP contribution in [-0.4, -0.2) is 88.9 Å².